The Morgan fingerprint density at radius 2 is 1.92 bits per heavy atom. The zero-order valence-electron chi connectivity index (χ0n) is 15.1. The lowest BCUT2D eigenvalue weighted by Crippen LogP contribution is -2.44. The molecule has 140 valence electrons. The van der Waals surface area contributed by atoms with Crippen molar-refractivity contribution in [2.45, 2.75) is 32.1 Å². The van der Waals surface area contributed by atoms with E-state index in [1.165, 1.54) is 7.11 Å². The van der Waals surface area contributed by atoms with Crippen molar-refractivity contribution in [1.29, 1.82) is 0 Å². The molecule has 1 atom stereocenters. The molecule has 2 fully saturated rings. The van der Waals surface area contributed by atoms with Gasteiger partial charge in [0.25, 0.3) is 5.91 Å². The maximum absolute atomic E-state index is 12.8. The van der Waals surface area contributed by atoms with Crippen molar-refractivity contribution in [3.63, 3.8) is 0 Å². The molecule has 1 saturated carbocycles. The Labute approximate surface area is 153 Å². The molecule has 1 spiro atoms. The molecular formula is C19H25N3O4. The summed E-state index contributed by atoms with van der Waals surface area (Å²) < 4.78 is 4.59. The van der Waals surface area contributed by atoms with Crippen LogP contribution in [0.15, 0.2) is 24.5 Å². The van der Waals surface area contributed by atoms with Gasteiger partial charge in [0.05, 0.1) is 13.0 Å². The first-order chi connectivity index (χ1) is 12.6. The molecule has 1 aromatic rings. The van der Waals surface area contributed by atoms with Crippen molar-refractivity contribution in [3.8, 4) is 0 Å². The van der Waals surface area contributed by atoms with Crippen LogP contribution in [0, 0.1) is 11.3 Å². The SMILES string of the molecule is COC(=O)CNC(=O)C1CN(C(=O)c2ccncc2)CC12CCCCC2. The first-order valence-electron chi connectivity index (χ1n) is 9.09. The summed E-state index contributed by atoms with van der Waals surface area (Å²) in [5.41, 5.74) is 0.391. The van der Waals surface area contributed by atoms with E-state index in [1.807, 2.05) is 0 Å². The van der Waals surface area contributed by atoms with Crippen LogP contribution in [0.1, 0.15) is 42.5 Å². The predicted molar refractivity (Wildman–Crippen MR) is 94.2 cm³/mol. The smallest absolute Gasteiger partial charge is 0.325 e. The fourth-order valence-electron chi connectivity index (χ4n) is 4.28. The molecule has 1 aromatic heterocycles. The zero-order valence-corrected chi connectivity index (χ0v) is 15.1. The summed E-state index contributed by atoms with van der Waals surface area (Å²) in [5.74, 6) is -1.00. The normalized spacial score (nSPS) is 21.4. The number of hydrogen-bond acceptors (Lipinski definition) is 5. The quantitative estimate of drug-likeness (QED) is 0.821. The minimum absolute atomic E-state index is 0.0689. The highest BCUT2D eigenvalue weighted by atomic mass is 16.5. The van der Waals surface area contributed by atoms with Crippen LogP contribution < -0.4 is 5.32 Å². The van der Waals surface area contributed by atoms with E-state index in [4.69, 9.17) is 0 Å². The van der Waals surface area contributed by atoms with Gasteiger partial charge in [-0.1, -0.05) is 19.3 Å². The van der Waals surface area contributed by atoms with Crippen molar-refractivity contribution in [1.82, 2.24) is 15.2 Å². The van der Waals surface area contributed by atoms with Gasteiger partial charge in [-0.2, -0.15) is 0 Å². The van der Waals surface area contributed by atoms with E-state index in [0.717, 1.165) is 32.1 Å². The van der Waals surface area contributed by atoms with Crippen LogP contribution in [0.5, 0.6) is 0 Å². The lowest BCUT2D eigenvalue weighted by Gasteiger charge is -2.37. The molecule has 2 heterocycles. The van der Waals surface area contributed by atoms with Crippen LogP contribution in [0.4, 0.5) is 0 Å². The Morgan fingerprint density at radius 1 is 1.23 bits per heavy atom. The highest BCUT2D eigenvalue weighted by molar-refractivity contribution is 5.95. The molecule has 7 heteroatoms. The molecule has 7 nitrogen and oxygen atoms in total. The lowest BCUT2D eigenvalue weighted by atomic mass is 9.67. The first-order valence-corrected chi connectivity index (χ1v) is 9.09. The first kappa shape index (κ1) is 18.4. The summed E-state index contributed by atoms with van der Waals surface area (Å²) >= 11 is 0. The third-order valence-electron chi connectivity index (χ3n) is 5.66. The van der Waals surface area contributed by atoms with E-state index < -0.39 is 5.97 Å². The second-order valence-corrected chi connectivity index (χ2v) is 7.19. The standard InChI is InChI=1S/C19H25N3O4/c1-26-16(23)11-21-17(24)15-12-22(13-19(15)7-3-2-4-8-19)18(25)14-5-9-20-10-6-14/h5-6,9-10,15H,2-4,7-8,11-13H2,1H3,(H,21,24). The number of likely N-dealkylation sites (tertiary alicyclic amines) is 1. The molecule has 1 unspecified atom stereocenters. The minimum atomic E-state index is -0.473. The molecular weight excluding hydrogens is 334 g/mol. The number of aromatic nitrogens is 1. The van der Waals surface area contributed by atoms with Crippen molar-refractivity contribution < 1.29 is 19.1 Å². The molecule has 3 rings (SSSR count). The molecule has 1 aliphatic heterocycles. The number of nitrogens with zero attached hydrogens (tertiary/aromatic N) is 2. The second kappa shape index (κ2) is 7.85. The Hall–Kier alpha value is -2.44. The van der Waals surface area contributed by atoms with Gasteiger partial charge >= 0.3 is 5.97 Å². The molecule has 0 bridgehead atoms. The van der Waals surface area contributed by atoms with Crippen molar-refractivity contribution in [3.05, 3.63) is 30.1 Å². The Bertz CT molecular complexity index is 671. The number of esters is 1. The van der Waals surface area contributed by atoms with E-state index in [9.17, 15) is 14.4 Å². The molecule has 26 heavy (non-hydrogen) atoms. The summed E-state index contributed by atoms with van der Waals surface area (Å²) in [6, 6.07) is 3.39. The Morgan fingerprint density at radius 3 is 2.58 bits per heavy atom. The number of hydrogen-bond donors (Lipinski definition) is 1. The van der Waals surface area contributed by atoms with Crippen molar-refractivity contribution in [2.24, 2.45) is 11.3 Å². The van der Waals surface area contributed by atoms with Crippen molar-refractivity contribution in [2.75, 3.05) is 26.7 Å². The molecule has 2 amide bonds. The number of ether oxygens (including phenoxy) is 1. The molecule has 1 N–H and O–H groups in total. The molecule has 1 saturated heterocycles. The summed E-state index contributed by atoms with van der Waals surface area (Å²) in [5, 5.41) is 2.68. The Kier molecular flexibility index (Phi) is 5.54. The van der Waals surface area contributed by atoms with E-state index in [-0.39, 0.29) is 29.7 Å². The molecule has 0 radical (unpaired) electrons. The largest absolute Gasteiger partial charge is 0.468 e. The van der Waals surface area contributed by atoms with Gasteiger partial charge in [0.1, 0.15) is 6.54 Å². The van der Waals surface area contributed by atoms with Gasteiger partial charge in [-0.15, -0.1) is 0 Å². The highest BCUT2D eigenvalue weighted by Gasteiger charge is 2.51. The lowest BCUT2D eigenvalue weighted by molar-refractivity contribution is -0.142. The van der Waals surface area contributed by atoms with Crippen LogP contribution >= 0.6 is 0 Å². The fraction of sp³-hybridized carbons (Fsp3) is 0.579. The summed E-state index contributed by atoms with van der Waals surface area (Å²) in [6.07, 6.45) is 8.36. The third-order valence-corrected chi connectivity index (χ3v) is 5.66. The summed E-state index contributed by atoms with van der Waals surface area (Å²) in [4.78, 5) is 42.7. The summed E-state index contributed by atoms with van der Waals surface area (Å²) in [7, 11) is 1.29. The Balaban J connectivity index is 1.76. The number of amides is 2. The van der Waals surface area contributed by atoms with E-state index >= 15 is 0 Å². The number of carbonyl (C=O) groups excluding carboxylic acids is 3. The number of pyridine rings is 1. The fourth-order valence-corrected chi connectivity index (χ4v) is 4.28. The van der Waals surface area contributed by atoms with Crippen molar-refractivity contribution >= 4 is 17.8 Å². The summed E-state index contributed by atoms with van der Waals surface area (Å²) in [6.45, 7) is 0.832. The zero-order chi connectivity index (χ0) is 18.6. The average Bonchev–Trinajstić information content (AvgIpc) is 3.05. The number of nitrogens with one attached hydrogen (secondary N) is 1. The molecule has 2 aliphatic rings. The van der Waals surface area contributed by atoms with Crippen LogP contribution in [0.3, 0.4) is 0 Å². The second-order valence-electron chi connectivity index (χ2n) is 7.19. The number of methoxy groups -OCH3 is 1. The maximum atomic E-state index is 12.8. The van der Waals surface area contributed by atoms with Gasteiger partial charge in [-0.3, -0.25) is 19.4 Å². The van der Waals surface area contributed by atoms with Crippen LogP contribution in [-0.2, 0) is 14.3 Å². The monoisotopic (exact) mass is 359 g/mol. The van der Waals surface area contributed by atoms with E-state index in [0.29, 0.717) is 18.7 Å². The van der Waals surface area contributed by atoms with Crippen LogP contribution in [0.25, 0.3) is 0 Å². The van der Waals surface area contributed by atoms with Gasteiger partial charge in [-0.05, 0) is 25.0 Å². The van der Waals surface area contributed by atoms with Gasteiger partial charge in [-0.25, -0.2) is 0 Å². The number of rotatable bonds is 4. The van der Waals surface area contributed by atoms with E-state index in [1.54, 1.807) is 29.4 Å². The van der Waals surface area contributed by atoms with Crippen LogP contribution in [-0.4, -0.2) is 54.4 Å². The minimum Gasteiger partial charge on any atom is -0.468 e. The maximum Gasteiger partial charge on any atom is 0.325 e. The van der Waals surface area contributed by atoms with Gasteiger partial charge in [0.2, 0.25) is 5.91 Å². The highest BCUT2D eigenvalue weighted by Crippen LogP contribution is 2.47. The van der Waals surface area contributed by atoms with Gasteiger partial charge < -0.3 is 15.0 Å². The van der Waals surface area contributed by atoms with E-state index in [2.05, 4.69) is 15.0 Å². The van der Waals surface area contributed by atoms with Gasteiger partial charge in [0, 0.05) is 36.5 Å². The number of carbonyl (C=O) groups is 3. The average molecular weight is 359 g/mol. The van der Waals surface area contributed by atoms with Crippen LogP contribution in [0.2, 0.25) is 0 Å². The molecule has 0 aromatic carbocycles. The predicted octanol–water partition coefficient (Wildman–Crippen LogP) is 1.39. The third kappa shape index (κ3) is 3.71. The molecule has 1 aliphatic carbocycles. The van der Waals surface area contributed by atoms with Gasteiger partial charge in [0.15, 0.2) is 0 Å². The topological polar surface area (TPSA) is 88.6 Å².